The van der Waals surface area contributed by atoms with E-state index in [1.807, 2.05) is 0 Å². The van der Waals surface area contributed by atoms with Crippen LogP contribution in [0.1, 0.15) is 19.3 Å². The van der Waals surface area contributed by atoms with Crippen molar-refractivity contribution < 1.29 is 9.53 Å². The van der Waals surface area contributed by atoms with Gasteiger partial charge in [0.05, 0.1) is 6.61 Å². The fourth-order valence-electron chi connectivity index (χ4n) is 2.27. The lowest BCUT2D eigenvalue weighted by Gasteiger charge is -2.22. The Hall–Kier alpha value is -0.970. The van der Waals surface area contributed by atoms with Crippen LogP contribution in [0.2, 0.25) is 10.0 Å². The highest BCUT2D eigenvalue weighted by Gasteiger charge is 2.13. The molecular weight excluding hydrogens is 299 g/mol. The fraction of sp³-hybridized carbons (Fsp3) is 0.500. The van der Waals surface area contributed by atoms with E-state index in [1.54, 1.807) is 18.2 Å². The van der Waals surface area contributed by atoms with E-state index >= 15 is 0 Å². The zero-order valence-electron chi connectivity index (χ0n) is 11.1. The molecule has 0 saturated carbocycles. The number of hydrogen-bond acceptors (Lipinski definition) is 3. The molecule has 1 heterocycles. The molecule has 1 aliphatic rings. The number of benzene rings is 1. The maximum atomic E-state index is 11.6. The Morgan fingerprint density at radius 2 is 2.10 bits per heavy atom. The lowest BCUT2D eigenvalue weighted by atomic mass is 9.97. The summed E-state index contributed by atoms with van der Waals surface area (Å²) in [6.07, 6.45) is 2.79. The first-order chi connectivity index (χ1) is 9.63. The molecule has 0 aromatic heterocycles. The lowest BCUT2D eigenvalue weighted by Crippen LogP contribution is -2.30. The van der Waals surface area contributed by atoms with Crippen molar-refractivity contribution in [3.05, 3.63) is 28.2 Å². The zero-order chi connectivity index (χ0) is 14.4. The Balaban J connectivity index is 1.72. The number of ether oxygens (including phenoxy) is 1. The van der Waals surface area contributed by atoms with Crippen molar-refractivity contribution in [2.24, 2.45) is 5.92 Å². The second-order valence-corrected chi connectivity index (χ2v) is 5.79. The minimum Gasteiger partial charge on any atom is -0.449 e. The standard InChI is InChI=1S/C14H18Cl2N2O2/c15-11-6-12(16)8-13(7-11)18-14(19)20-5-3-10-2-1-4-17-9-10/h6-8,10,17H,1-5,9H2,(H,18,19). The smallest absolute Gasteiger partial charge is 0.411 e. The topological polar surface area (TPSA) is 50.4 Å². The molecule has 110 valence electrons. The van der Waals surface area contributed by atoms with E-state index in [9.17, 15) is 4.79 Å². The number of anilines is 1. The molecule has 1 aromatic carbocycles. The van der Waals surface area contributed by atoms with Crippen molar-refractivity contribution in [3.63, 3.8) is 0 Å². The summed E-state index contributed by atoms with van der Waals surface area (Å²) in [5.41, 5.74) is 0.534. The summed E-state index contributed by atoms with van der Waals surface area (Å²) in [4.78, 5) is 11.6. The summed E-state index contributed by atoms with van der Waals surface area (Å²) in [6.45, 7) is 2.52. The van der Waals surface area contributed by atoms with Crippen molar-refractivity contribution in [2.45, 2.75) is 19.3 Å². The van der Waals surface area contributed by atoms with Crippen molar-refractivity contribution in [1.29, 1.82) is 0 Å². The van der Waals surface area contributed by atoms with Crippen molar-refractivity contribution >= 4 is 35.0 Å². The summed E-state index contributed by atoms with van der Waals surface area (Å²) in [5.74, 6) is 0.595. The van der Waals surface area contributed by atoms with Gasteiger partial charge in [0, 0.05) is 15.7 Å². The minimum atomic E-state index is -0.480. The van der Waals surface area contributed by atoms with E-state index in [4.69, 9.17) is 27.9 Å². The normalized spacial score (nSPS) is 18.6. The number of piperidine rings is 1. The van der Waals surface area contributed by atoms with Gasteiger partial charge >= 0.3 is 6.09 Å². The summed E-state index contributed by atoms with van der Waals surface area (Å²) in [5, 5.41) is 6.90. The summed E-state index contributed by atoms with van der Waals surface area (Å²) >= 11 is 11.7. The second kappa shape index (κ2) is 7.72. The van der Waals surface area contributed by atoms with E-state index < -0.39 is 6.09 Å². The Morgan fingerprint density at radius 3 is 2.75 bits per heavy atom. The van der Waals surface area contributed by atoms with Crippen LogP contribution in [0.4, 0.5) is 10.5 Å². The van der Waals surface area contributed by atoms with E-state index in [2.05, 4.69) is 10.6 Å². The van der Waals surface area contributed by atoms with Crippen LogP contribution in [0.15, 0.2) is 18.2 Å². The van der Waals surface area contributed by atoms with Gasteiger partial charge in [0.25, 0.3) is 0 Å². The first-order valence-electron chi connectivity index (χ1n) is 6.74. The SMILES string of the molecule is O=C(Nc1cc(Cl)cc(Cl)c1)OCCC1CCCNC1. The lowest BCUT2D eigenvalue weighted by molar-refractivity contribution is 0.150. The van der Waals surface area contributed by atoms with Gasteiger partial charge < -0.3 is 10.1 Å². The predicted octanol–water partition coefficient (Wildman–Crippen LogP) is 3.93. The Morgan fingerprint density at radius 1 is 1.35 bits per heavy atom. The molecule has 1 atom stereocenters. The molecular formula is C14H18Cl2N2O2. The molecule has 20 heavy (non-hydrogen) atoms. The van der Waals surface area contributed by atoms with E-state index in [0.717, 1.165) is 19.5 Å². The number of carbonyl (C=O) groups is 1. The Kier molecular flexibility index (Phi) is 5.95. The van der Waals surface area contributed by atoms with Crippen molar-refractivity contribution in [2.75, 3.05) is 25.0 Å². The van der Waals surface area contributed by atoms with Gasteiger partial charge in [-0.05, 0) is 56.5 Å². The van der Waals surface area contributed by atoms with Gasteiger partial charge in [0.1, 0.15) is 0 Å². The van der Waals surface area contributed by atoms with E-state index in [0.29, 0.717) is 28.3 Å². The molecule has 1 aliphatic heterocycles. The number of halogens is 2. The Labute approximate surface area is 128 Å². The van der Waals surface area contributed by atoms with Crippen LogP contribution in [0.3, 0.4) is 0 Å². The van der Waals surface area contributed by atoms with Gasteiger partial charge in [-0.2, -0.15) is 0 Å². The largest absolute Gasteiger partial charge is 0.449 e. The van der Waals surface area contributed by atoms with Crippen LogP contribution in [0.5, 0.6) is 0 Å². The first-order valence-corrected chi connectivity index (χ1v) is 7.49. The molecule has 1 aromatic rings. The molecule has 1 saturated heterocycles. The highest BCUT2D eigenvalue weighted by atomic mass is 35.5. The van der Waals surface area contributed by atoms with Crippen LogP contribution in [0, 0.1) is 5.92 Å². The number of nitrogens with one attached hydrogen (secondary N) is 2. The summed E-state index contributed by atoms with van der Waals surface area (Å²) < 4.78 is 5.16. The number of amides is 1. The molecule has 0 aliphatic carbocycles. The van der Waals surface area contributed by atoms with Crippen LogP contribution in [0.25, 0.3) is 0 Å². The second-order valence-electron chi connectivity index (χ2n) is 4.92. The highest BCUT2D eigenvalue weighted by molar-refractivity contribution is 6.35. The average molecular weight is 317 g/mol. The molecule has 6 heteroatoms. The monoisotopic (exact) mass is 316 g/mol. The highest BCUT2D eigenvalue weighted by Crippen LogP contribution is 2.22. The van der Waals surface area contributed by atoms with Gasteiger partial charge in [-0.3, -0.25) is 5.32 Å². The van der Waals surface area contributed by atoms with Crippen LogP contribution in [-0.2, 0) is 4.74 Å². The van der Waals surface area contributed by atoms with Gasteiger partial charge in [0.15, 0.2) is 0 Å². The first kappa shape index (κ1) is 15.4. The molecule has 0 bridgehead atoms. The number of rotatable bonds is 4. The molecule has 1 unspecified atom stereocenters. The fourth-order valence-corrected chi connectivity index (χ4v) is 2.79. The molecule has 1 amide bonds. The maximum absolute atomic E-state index is 11.6. The summed E-state index contributed by atoms with van der Waals surface area (Å²) in [6, 6.07) is 4.86. The number of carbonyl (C=O) groups excluding carboxylic acids is 1. The third-order valence-electron chi connectivity index (χ3n) is 3.27. The molecule has 0 spiro atoms. The molecule has 2 N–H and O–H groups in total. The third-order valence-corrected chi connectivity index (χ3v) is 3.70. The molecule has 4 nitrogen and oxygen atoms in total. The maximum Gasteiger partial charge on any atom is 0.411 e. The quantitative estimate of drug-likeness (QED) is 0.884. The van der Waals surface area contributed by atoms with E-state index in [-0.39, 0.29) is 0 Å². The van der Waals surface area contributed by atoms with Gasteiger partial charge in [-0.25, -0.2) is 4.79 Å². The molecule has 2 rings (SSSR count). The summed E-state index contributed by atoms with van der Waals surface area (Å²) in [7, 11) is 0. The van der Waals surface area contributed by atoms with Gasteiger partial charge in [-0.1, -0.05) is 23.2 Å². The average Bonchev–Trinajstić information content (AvgIpc) is 2.38. The van der Waals surface area contributed by atoms with Crippen LogP contribution < -0.4 is 10.6 Å². The van der Waals surface area contributed by atoms with Crippen LogP contribution in [-0.4, -0.2) is 25.8 Å². The number of hydrogen-bond donors (Lipinski definition) is 2. The Bertz CT molecular complexity index is 442. The molecule has 0 radical (unpaired) electrons. The third kappa shape index (κ3) is 5.19. The van der Waals surface area contributed by atoms with Gasteiger partial charge in [-0.15, -0.1) is 0 Å². The van der Waals surface area contributed by atoms with Gasteiger partial charge in [0.2, 0.25) is 0 Å². The van der Waals surface area contributed by atoms with E-state index in [1.165, 1.54) is 12.8 Å². The minimum absolute atomic E-state index is 0.423. The van der Waals surface area contributed by atoms with Crippen molar-refractivity contribution in [3.8, 4) is 0 Å². The predicted molar refractivity (Wildman–Crippen MR) is 81.6 cm³/mol. The zero-order valence-corrected chi connectivity index (χ0v) is 12.6. The van der Waals surface area contributed by atoms with Crippen LogP contribution >= 0.6 is 23.2 Å². The van der Waals surface area contributed by atoms with Crippen molar-refractivity contribution in [1.82, 2.24) is 5.32 Å². The molecule has 1 fully saturated rings.